The maximum atomic E-state index is 12.2. The van der Waals surface area contributed by atoms with E-state index in [0.717, 1.165) is 29.4 Å². The van der Waals surface area contributed by atoms with Gasteiger partial charge in [-0.15, -0.1) is 11.8 Å². The van der Waals surface area contributed by atoms with E-state index in [-0.39, 0.29) is 6.03 Å². The van der Waals surface area contributed by atoms with Gasteiger partial charge in [0.05, 0.1) is 18.1 Å². The van der Waals surface area contributed by atoms with Crippen molar-refractivity contribution in [2.24, 2.45) is 0 Å². The van der Waals surface area contributed by atoms with Crippen LogP contribution in [-0.4, -0.2) is 53.5 Å². The highest BCUT2D eigenvalue weighted by Gasteiger charge is 2.21. The summed E-state index contributed by atoms with van der Waals surface area (Å²) < 4.78 is 5.45. The van der Waals surface area contributed by atoms with Crippen molar-refractivity contribution in [1.82, 2.24) is 15.0 Å². The molecule has 0 unspecified atom stereocenters. The number of halogens is 1. The number of thioether (sulfide) groups is 1. The van der Waals surface area contributed by atoms with E-state index in [1.165, 1.54) is 11.8 Å². The fraction of sp³-hybridized carbons (Fsp3) is 0.238. The van der Waals surface area contributed by atoms with Gasteiger partial charge in [0.15, 0.2) is 5.82 Å². The zero-order valence-corrected chi connectivity index (χ0v) is 18.4. The number of nitrogens with zero attached hydrogens (tertiary/aromatic N) is 4. The summed E-state index contributed by atoms with van der Waals surface area (Å²) in [5, 5.41) is 5.98. The molecule has 2 aromatic heterocycles. The summed E-state index contributed by atoms with van der Waals surface area (Å²) in [7, 11) is 0. The van der Waals surface area contributed by atoms with Crippen LogP contribution in [0.4, 0.5) is 22.0 Å². The van der Waals surface area contributed by atoms with Crippen molar-refractivity contribution < 1.29 is 9.53 Å². The van der Waals surface area contributed by atoms with Crippen molar-refractivity contribution in [3.63, 3.8) is 0 Å². The summed E-state index contributed by atoms with van der Waals surface area (Å²) in [5.41, 5.74) is 2.12. The molecular formula is C21H21ClN6O2S. The number of carbonyl (C=O) groups excluding carboxylic acids is 1. The largest absolute Gasteiger partial charge is 0.378 e. The lowest BCUT2D eigenvalue weighted by Gasteiger charge is -2.29. The van der Waals surface area contributed by atoms with Crippen LogP contribution < -0.4 is 15.5 Å². The van der Waals surface area contributed by atoms with E-state index >= 15 is 0 Å². The predicted octanol–water partition coefficient (Wildman–Crippen LogP) is 4.39. The molecule has 4 rings (SSSR count). The van der Waals surface area contributed by atoms with Gasteiger partial charge < -0.3 is 20.3 Å². The van der Waals surface area contributed by atoms with E-state index in [9.17, 15) is 4.79 Å². The SMILES string of the molecule is CSc1c(Cl)nc(-c2ccc(NC(=O)Nc3ccncc3)cc2)nc1N1CCOCC1. The van der Waals surface area contributed by atoms with Crippen molar-refractivity contribution in [3.05, 3.63) is 53.9 Å². The second-order valence-electron chi connectivity index (χ2n) is 6.69. The third-order valence-corrected chi connectivity index (χ3v) is 5.83. The third kappa shape index (κ3) is 5.25. The molecule has 0 bridgehead atoms. The van der Waals surface area contributed by atoms with Crippen molar-refractivity contribution >= 4 is 46.6 Å². The van der Waals surface area contributed by atoms with Gasteiger partial charge in [-0.05, 0) is 42.7 Å². The van der Waals surface area contributed by atoms with Crippen molar-refractivity contribution in [2.75, 3.05) is 48.1 Å². The third-order valence-electron chi connectivity index (χ3n) is 4.66. The van der Waals surface area contributed by atoms with E-state index in [2.05, 4.69) is 25.5 Å². The lowest BCUT2D eigenvalue weighted by molar-refractivity contribution is 0.122. The number of morpholine rings is 1. The molecule has 1 aromatic carbocycles. The number of carbonyl (C=O) groups is 1. The van der Waals surface area contributed by atoms with Gasteiger partial charge in [-0.25, -0.2) is 14.8 Å². The Morgan fingerprint density at radius 3 is 2.32 bits per heavy atom. The number of amides is 2. The molecule has 0 atom stereocenters. The number of anilines is 3. The minimum Gasteiger partial charge on any atom is -0.378 e. The molecule has 0 radical (unpaired) electrons. The van der Waals surface area contributed by atoms with Gasteiger partial charge >= 0.3 is 6.03 Å². The summed E-state index contributed by atoms with van der Waals surface area (Å²) in [5.74, 6) is 1.36. The molecule has 1 fully saturated rings. The summed E-state index contributed by atoms with van der Waals surface area (Å²) in [4.78, 5) is 28.4. The average Bonchev–Trinajstić information content (AvgIpc) is 2.80. The average molecular weight is 457 g/mol. The van der Waals surface area contributed by atoms with Gasteiger partial charge in [-0.3, -0.25) is 4.98 Å². The number of hydrogen-bond acceptors (Lipinski definition) is 7. The second-order valence-corrected chi connectivity index (χ2v) is 7.86. The van der Waals surface area contributed by atoms with Gasteiger partial charge in [0.25, 0.3) is 0 Å². The van der Waals surface area contributed by atoms with Crippen LogP contribution in [0, 0.1) is 0 Å². The molecular weight excluding hydrogens is 436 g/mol. The Balaban J connectivity index is 1.52. The Bertz CT molecular complexity index is 1050. The Labute approximate surface area is 189 Å². The van der Waals surface area contributed by atoms with Crippen LogP contribution in [-0.2, 0) is 4.74 Å². The zero-order valence-electron chi connectivity index (χ0n) is 16.8. The first-order valence-electron chi connectivity index (χ1n) is 9.67. The molecule has 0 aliphatic carbocycles. The summed E-state index contributed by atoms with van der Waals surface area (Å²) in [6, 6.07) is 10.4. The van der Waals surface area contributed by atoms with E-state index in [1.54, 1.807) is 36.7 Å². The van der Waals surface area contributed by atoms with Crippen LogP contribution in [0.25, 0.3) is 11.4 Å². The van der Waals surface area contributed by atoms with E-state index in [1.807, 2.05) is 18.4 Å². The summed E-state index contributed by atoms with van der Waals surface area (Å²) in [6.07, 6.45) is 5.19. The molecule has 2 N–H and O–H groups in total. The first kappa shape index (κ1) is 21.4. The fourth-order valence-electron chi connectivity index (χ4n) is 3.14. The van der Waals surface area contributed by atoms with Crippen LogP contribution in [0.5, 0.6) is 0 Å². The Hall–Kier alpha value is -2.88. The summed E-state index contributed by atoms with van der Waals surface area (Å²) >= 11 is 8.01. The number of aromatic nitrogens is 3. The minimum atomic E-state index is -0.336. The molecule has 3 aromatic rings. The highest BCUT2D eigenvalue weighted by Crippen LogP contribution is 2.35. The number of benzene rings is 1. The van der Waals surface area contributed by atoms with Crippen molar-refractivity contribution in [1.29, 1.82) is 0 Å². The van der Waals surface area contributed by atoms with Crippen LogP contribution in [0.1, 0.15) is 0 Å². The number of pyridine rings is 1. The molecule has 0 saturated carbocycles. The number of urea groups is 1. The molecule has 0 spiro atoms. The molecule has 2 amide bonds. The van der Waals surface area contributed by atoms with Crippen molar-refractivity contribution in [2.45, 2.75) is 4.90 Å². The molecule has 1 aliphatic heterocycles. The van der Waals surface area contributed by atoms with Crippen LogP contribution in [0.3, 0.4) is 0 Å². The van der Waals surface area contributed by atoms with Crippen LogP contribution >= 0.6 is 23.4 Å². The van der Waals surface area contributed by atoms with Crippen LogP contribution in [0.15, 0.2) is 53.7 Å². The Morgan fingerprint density at radius 2 is 1.68 bits per heavy atom. The highest BCUT2D eigenvalue weighted by molar-refractivity contribution is 7.98. The van der Waals surface area contributed by atoms with Crippen LogP contribution in [0.2, 0.25) is 5.15 Å². The molecule has 31 heavy (non-hydrogen) atoms. The maximum Gasteiger partial charge on any atom is 0.323 e. The number of nitrogens with one attached hydrogen (secondary N) is 2. The second kappa shape index (κ2) is 9.95. The van der Waals surface area contributed by atoms with Gasteiger partial charge in [0.1, 0.15) is 11.0 Å². The lowest BCUT2D eigenvalue weighted by Crippen LogP contribution is -2.37. The number of hydrogen-bond donors (Lipinski definition) is 2. The van der Waals surface area contributed by atoms with E-state index in [4.69, 9.17) is 21.3 Å². The topological polar surface area (TPSA) is 92.3 Å². The zero-order chi connectivity index (χ0) is 21.6. The minimum absolute atomic E-state index is 0.336. The van der Waals surface area contributed by atoms with Crippen molar-refractivity contribution in [3.8, 4) is 11.4 Å². The van der Waals surface area contributed by atoms with E-state index in [0.29, 0.717) is 35.6 Å². The van der Waals surface area contributed by atoms with Gasteiger partial charge in [0, 0.05) is 42.4 Å². The molecule has 10 heteroatoms. The Morgan fingerprint density at radius 1 is 1.03 bits per heavy atom. The predicted molar refractivity (Wildman–Crippen MR) is 124 cm³/mol. The number of rotatable bonds is 5. The fourth-order valence-corrected chi connectivity index (χ4v) is 4.10. The van der Waals surface area contributed by atoms with Gasteiger partial charge in [0.2, 0.25) is 0 Å². The normalized spacial score (nSPS) is 13.7. The quantitative estimate of drug-likeness (QED) is 0.434. The maximum absolute atomic E-state index is 12.2. The molecule has 8 nitrogen and oxygen atoms in total. The Kier molecular flexibility index (Phi) is 6.86. The van der Waals surface area contributed by atoms with Gasteiger partial charge in [-0.2, -0.15) is 0 Å². The van der Waals surface area contributed by atoms with E-state index < -0.39 is 0 Å². The molecule has 160 valence electrons. The number of ether oxygens (including phenoxy) is 1. The first-order chi connectivity index (χ1) is 15.1. The van der Waals surface area contributed by atoms with Gasteiger partial charge in [-0.1, -0.05) is 11.6 Å². The smallest absolute Gasteiger partial charge is 0.323 e. The first-order valence-corrected chi connectivity index (χ1v) is 11.3. The lowest BCUT2D eigenvalue weighted by atomic mass is 10.2. The standard InChI is InChI=1S/C21H21ClN6O2S/c1-31-17-18(22)26-19(27-20(17)28-10-12-30-13-11-28)14-2-4-15(5-3-14)24-21(29)25-16-6-8-23-9-7-16/h2-9H,10-13H2,1H3,(H2,23,24,25,29). The molecule has 1 aliphatic rings. The highest BCUT2D eigenvalue weighted by atomic mass is 35.5. The monoisotopic (exact) mass is 456 g/mol. The molecule has 1 saturated heterocycles. The molecule has 3 heterocycles. The summed E-state index contributed by atoms with van der Waals surface area (Å²) in [6.45, 7) is 2.84.